The van der Waals surface area contributed by atoms with Crippen LogP contribution in [0.5, 0.6) is 0 Å². The van der Waals surface area contributed by atoms with Gasteiger partial charge in [0.15, 0.2) is 5.78 Å². The Morgan fingerprint density at radius 2 is 2.08 bits per heavy atom. The van der Waals surface area contributed by atoms with Crippen LogP contribution >= 0.6 is 11.8 Å². The third-order valence-corrected chi connectivity index (χ3v) is 2.53. The Bertz CT molecular complexity index is 300. The van der Waals surface area contributed by atoms with Gasteiger partial charge in [-0.2, -0.15) is 0 Å². The molecule has 0 heterocycles. The molecule has 0 aliphatic carbocycles. The summed E-state index contributed by atoms with van der Waals surface area (Å²) in [5.74, 6) is 1.03. The molecule has 0 aromatic heterocycles. The zero-order valence-electron chi connectivity index (χ0n) is 7.62. The predicted octanol–water partition coefficient (Wildman–Crippen LogP) is 3.17. The molecule has 0 saturated carbocycles. The molecular formula is C11H12OS. The third kappa shape index (κ3) is 2.74. The van der Waals surface area contributed by atoms with Gasteiger partial charge in [0.25, 0.3) is 0 Å². The number of benzene rings is 1. The van der Waals surface area contributed by atoms with E-state index in [9.17, 15) is 4.79 Å². The first-order chi connectivity index (χ1) is 6.27. The van der Waals surface area contributed by atoms with Gasteiger partial charge in [-0.3, -0.25) is 4.79 Å². The Labute approximate surface area is 82.9 Å². The van der Waals surface area contributed by atoms with Gasteiger partial charge in [-0.05, 0) is 36.1 Å². The van der Waals surface area contributed by atoms with Crippen LogP contribution in [0.2, 0.25) is 0 Å². The van der Waals surface area contributed by atoms with Crippen molar-refractivity contribution in [3.8, 4) is 0 Å². The molecule has 0 N–H and O–H groups in total. The molecule has 0 unspecified atom stereocenters. The first-order valence-corrected chi connectivity index (χ1v) is 5.16. The van der Waals surface area contributed by atoms with E-state index >= 15 is 0 Å². The van der Waals surface area contributed by atoms with Gasteiger partial charge in [0.2, 0.25) is 0 Å². The maximum atomic E-state index is 11.2. The molecule has 0 radical (unpaired) electrons. The maximum absolute atomic E-state index is 11.2. The second kappa shape index (κ2) is 4.87. The van der Waals surface area contributed by atoms with Crippen molar-refractivity contribution < 1.29 is 4.79 Å². The number of hydrogen-bond donors (Lipinski definition) is 0. The van der Waals surface area contributed by atoms with Crippen molar-refractivity contribution >= 4 is 17.5 Å². The van der Waals surface area contributed by atoms with Gasteiger partial charge in [0.05, 0.1) is 0 Å². The van der Waals surface area contributed by atoms with Crippen molar-refractivity contribution in [1.29, 1.82) is 0 Å². The van der Waals surface area contributed by atoms with Gasteiger partial charge >= 0.3 is 0 Å². The fraction of sp³-hybridized carbons (Fsp3) is 0.182. The van der Waals surface area contributed by atoms with Crippen molar-refractivity contribution in [2.75, 3.05) is 5.75 Å². The van der Waals surface area contributed by atoms with E-state index in [4.69, 9.17) is 0 Å². The molecule has 1 rings (SSSR count). The van der Waals surface area contributed by atoms with Crippen molar-refractivity contribution in [1.82, 2.24) is 0 Å². The number of carbonyl (C=O) groups is 1. The van der Waals surface area contributed by atoms with Crippen molar-refractivity contribution in [2.45, 2.75) is 11.8 Å². The van der Waals surface area contributed by atoms with Crippen LogP contribution in [0.1, 0.15) is 17.3 Å². The third-order valence-electron chi connectivity index (χ3n) is 1.64. The van der Waals surface area contributed by atoms with Crippen LogP contribution in [-0.4, -0.2) is 11.5 Å². The molecule has 0 spiro atoms. The summed E-state index contributed by atoms with van der Waals surface area (Å²) in [6, 6.07) is 7.60. The zero-order valence-corrected chi connectivity index (χ0v) is 8.43. The highest BCUT2D eigenvalue weighted by Gasteiger charge is 1.99. The van der Waals surface area contributed by atoms with Gasteiger partial charge in [-0.25, -0.2) is 0 Å². The number of hydrogen-bond acceptors (Lipinski definition) is 2. The van der Waals surface area contributed by atoms with Gasteiger partial charge in [-0.1, -0.05) is 13.5 Å². The summed E-state index contributed by atoms with van der Waals surface area (Å²) < 4.78 is 0. The first-order valence-electron chi connectivity index (χ1n) is 4.17. The molecule has 1 aromatic rings. The normalized spacial score (nSPS) is 9.62. The molecule has 0 atom stereocenters. The zero-order chi connectivity index (χ0) is 9.68. The minimum absolute atomic E-state index is 0.0203. The summed E-state index contributed by atoms with van der Waals surface area (Å²) in [5.41, 5.74) is 0.704. The van der Waals surface area contributed by atoms with Crippen LogP contribution in [0.4, 0.5) is 0 Å². The summed E-state index contributed by atoms with van der Waals surface area (Å²) in [5, 5.41) is 0. The second-order valence-electron chi connectivity index (χ2n) is 2.53. The van der Waals surface area contributed by atoms with Crippen LogP contribution in [0, 0.1) is 0 Å². The molecule has 0 bridgehead atoms. The Hall–Kier alpha value is -1.02. The Balaban J connectivity index is 2.80. The quantitative estimate of drug-likeness (QED) is 0.414. The van der Waals surface area contributed by atoms with Crippen LogP contribution in [0.3, 0.4) is 0 Å². The fourth-order valence-corrected chi connectivity index (χ4v) is 1.66. The standard InChI is InChI=1S/C11H12OS/c1-3-11(12)9-5-7-10(8-6-9)13-4-2/h3,5-8H,1,4H2,2H3. The number of thioether (sulfide) groups is 1. The van der Waals surface area contributed by atoms with E-state index in [1.165, 1.54) is 11.0 Å². The molecule has 0 aliphatic rings. The largest absolute Gasteiger partial charge is 0.289 e. The van der Waals surface area contributed by atoms with E-state index in [1.807, 2.05) is 24.3 Å². The van der Waals surface area contributed by atoms with E-state index in [0.29, 0.717) is 5.56 Å². The van der Waals surface area contributed by atoms with Gasteiger partial charge in [0.1, 0.15) is 0 Å². The lowest BCUT2D eigenvalue weighted by molar-refractivity contribution is 0.104. The number of rotatable bonds is 4. The predicted molar refractivity (Wildman–Crippen MR) is 57.4 cm³/mol. The van der Waals surface area contributed by atoms with Gasteiger partial charge in [-0.15, -0.1) is 11.8 Å². The molecule has 0 aliphatic heterocycles. The Morgan fingerprint density at radius 1 is 1.46 bits per heavy atom. The Morgan fingerprint density at radius 3 is 2.54 bits per heavy atom. The topological polar surface area (TPSA) is 17.1 Å². The lowest BCUT2D eigenvalue weighted by atomic mass is 10.1. The van der Waals surface area contributed by atoms with E-state index in [2.05, 4.69) is 13.5 Å². The summed E-state index contributed by atoms with van der Waals surface area (Å²) >= 11 is 1.77. The average molecular weight is 192 g/mol. The summed E-state index contributed by atoms with van der Waals surface area (Å²) in [7, 11) is 0. The molecule has 0 saturated heterocycles. The Kier molecular flexibility index (Phi) is 3.77. The minimum atomic E-state index is -0.0203. The van der Waals surface area contributed by atoms with Crippen molar-refractivity contribution in [3.63, 3.8) is 0 Å². The number of ketones is 1. The second-order valence-corrected chi connectivity index (χ2v) is 3.86. The number of carbonyl (C=O) groups excluding carboxylic acids is 1. The fourth-order valence-electron chi connectivity index (χ4n) is 1.000. The molecule has 68 valence electrons. The van der Waals surface area contributed by atoms with Gasteiger partial charge < -0.3 is 0 Å². The summed E-state index contributed by atoms with van der Waals surface area (Å²) in [6.07, 6.45) is 1.34. The molecule has 13 heavy (non-hydrogen) atoms. The SMILES string of the molecule is C=CC(=O)c1ccc(SCC)cc1. The van der Waals surface area contributed by atoms with Crippen LogP contribution in [0.25, 0.3) is 0 Å². The highest BCUT2D eigenvalue weighted by atomic mass is 32.2. The molecule has 0 fully saturated rings. The average Bonchev–Trinajstić information content (AvgIpc) is 2.18. The van der Waals surface area contributed by atoms with Crippen molar-refractivity contribution in [2.24, 2.45) is 0 Å². The van der Waals surface area contributed by atoms with E-state index in [0.717, 1.165) is 5.75 Å². The van der Waals surface area contributed by atoms with Gasteiger partial charge in [0, 0.05) is 10.5 Å². The molecular weight excluding hydrogens is 180 g/mol. The smallest absolute Gasteiger partial charge is 0.185 e. The molecule has 1 nitrogen and oxygen atoms in total. The van der Waals surface area contributed by atoms with E-state index < -0.39 is 0 Å². The summed E-state index contributed by atoms with van der Waals surface area (Å²) in [4.78, 5) is 12.4. The van der Waals surface area contributed by atoms with E-state index in [1.54, 1.807) is 11.8 Å². The number of allylic oxidation sites excluding steroid dienone is 1. The van der Waals surface area contributed by atoms with E-state index in [-0.39, 0.29) is 5.78 Å². The molecule has 1 aromatic carbocycles. The summed E-state index contributed by atoms with van der Waals surface area (Å²) in [6.45, 7) is 5.55. The van der Waals surface area contributed by atoms with Crippen LogP contribution in [0.15, 0.2) is 41.8 Å². The lowest BCUT2D eigenvalue weighted by Crippen LogP contribution is -1.92. The molecule has 0 amide bonds. The lowest BCUT2D eigenvalue weighted by Gasteiger charge is -1.99. The minimum Gasteiger partial charge on any atom is -0.289 e. The molecule has 2 heteroatoms. The monoisotopic (exact) mass is 192 g/mol. The maximum Gasteiger partial charge on any atom is 0.185 e. The van der Waals surface area contributed by atoms with Crippen molar-refractivity contribution in [3.05, 3.63) is 42.5 Å². The highest BCUT2D eigenvalue weighted by Crippen LogP contribution is 2.17. The van der Waals surface area contributed by atoms with Crippen LogP contribution < -0.4 is 0 Å². The first kappa shape index (κ1) is 10.1. The highest BCUT2D eigenvalue weighted by molar-refractivity contribution is 7.99. The van der Waals surface area contributed by atoms with Crippen LogP contribution in [-0.2, 0) is 0 Å².